The van der Waals surface area contributed by atoms with Crippen LogP contribution in [0.1, 0.15) is 52.9 Å². The maximum atomic E-state index is 12.3. The number of rotatable bonds is 6. The fourth-order valence-electron chi connectivity index (χ4n) is 3.55. The molecule has 0 spiro atoms. The maximum absolute atomic E-state index is 12.3. The van der Waals surface area contributed by atoms with E-state index in [2.05, 4.69) is 31.0 Å². The maximum Gasteiger partial charge on any atom is 0.249 e. The van der Waals surface area contributed by atoms with Crippen LogP contribution in [-0.2, 0) is 9.53 Å². The smallest absolute Gasteiger partial charge is 0.249 e. The van der Waals surface area contributed by atoms with Gasteiger partial charge in [0.1, 0.15) is 6.10 Å². The van der Waals surface area contributed by atoms with Gasteiger partial charge in [-0.3, -0.25) is 9.69 Å². The van der Waals surface area contributed by atoms with E-state index in [1.54, 1.807) is 0 Å². The van der Waals surface area contributed by atoms with Crippen LogP contribution in [0, 0.1) is 5.92 Å². The highest BCUT2D eigenvalue weighted by atomic mass is 35.5. The van der Waals surface area contributed by atoms with Crippen molar-refractivity contribution in [2.45, 2.75) is 70.6 Å². The SMILES string of the molecule is CCC1CCCN(C(C)(C)CNC(=O)[C@@H]2CC[C@H](CN)O2)C1.Cl.Cl. The molecule has 0 aromatic carbocycles. The van der Waals surface area contributed by atoms with Crippen molar-refractivity contribution >= 4 is 30.7 Å². The summed E-state index contributed by atoms with van der Waals surface area (Å²) in [5.41, 5.74) is 5.60. The average Bonchev–Trinajstić information content (AvgIpc) is 3.02. The van der Waals surface area contributed by atoms with Crippen molar-refractivity contribution in [1.82, 2.24) is 10.2 Å². The number of hydrogen-bond acceptors (Lipinski definition) is 4. The third-order valence-electron chi connectivity index (χ3n) is 5.31. The number of amides is 1. The molecule has 2 rings (SSSR count). The highest BCUT2D eigenvalue weighted by molar-refractivity contribution is 5.85. The third-order valence-corrected chi connectivity index (χ3v) is 5.31. The number of nitrogens with two attached hydrogens (primary N) is 1. The first kappa shape index (κ1) is 23.9. The van der Waals surface area contributed by atoms with E-state index in [9.17, 15) is 4.79 Å². The molecule has 7 heteroatoms. The van der Waals surface area contributed by atoms with E-state index < -0.39 is 0 Å². The molecule has 2 aliphatic rings. The molecular weight excluding hydrogens is 349 g/mol. The van der Waals surface area contributed by atoms with Crippen molar-refractivity contribution in [1.29, 1.82) is 0 Å². The number of carbonyl (C=O) groups is 1. The Morgan fingerprint density at radius 1 is 1.29 bits per heavy atom. The minimum atomic E-state index is -0.311. The average molecular weight is 384 g/mol. The summed E-state index contributed by atoms with van der Waals surface area (Å²) in [4.78, 5) is 14.8. The Hall–Kier alpha value is -0.0700. The predicted molar refractivity (Wildman–Crippen MR) is 103 cm³/mol. The number of halogens is 2. The molecule has 0 aromatic rings. The van der Waals surface area contributed by atoms with Crippen LogP contribution in [0.5, 0.6) is 0 Å². The molecule has 2 fully saturated rings. The summed E-state index contributed by atoms with van der Waals surface area (Å²) in [6.07, 6.45) is 5.27. The second-order valence-electron chi connectivity index (χ2n) is 7.45. The molecule has 0 saturated carbocycles. The Bertz CT molecular complexity index is 383. The van der Waals surface area contributed by atoms with Crippen molar-refractivity contribution in [2.24, 2.45) is 11.7 Å². The van der Waals surface area contributed by atoms with Crippen LogP contribution in [0.25, 0.3) is 0 Å². The predicted octanol–water partition coefficient (Wildman–Crippen LogP) is 2.35. The topological polar surface area (TPSA) is 67.6 Å². The summed E-state index contributed by atoms with van der Waals surface area (Å²) >= 11 is 0. The van der Waals surface area contributed by atoms with Gasteiger partial charge < -0.3 is 15.8 Å². The Morgan fingerprint density at radius 2 is 2.00 bits per heavy atom. The zero-order valence-electron chi connectivity index (χ0n) is 15.3. The van der Waals surface area contributed by atoms with Gasteiger partial charge in [-0.05, 0) is 52.0 Å². The zero-order valence-corrected chi connectivity index (χ0v) is 16.9. The van der Waals surface area contributed by atoms with E-state index in [0.717, 1.165) is 31.8 Å². The van der Waals surface area contributed by atoms with Crippen LogP contribution in [0.15, 0.2) is 0 Å². The Kier molecular flexibility index (Phi) is 10.8. The lowest BCUT2D eigenvalue weighted by Gasteiger charge is -2.43. The lowest BCUT2D eigenvalue weighted by Crippen LogP contribution is -2.55. The minimum Gasteiger partial charge on any atom is -0.364 e. The monoisotopic (exact) mass is 383 g/mol. The molecule has 0 radical (unpaired) electrons. The van der Waals surface area contributed by atoms with Gasteiger partial charge in [0, 0.05) is 25.2 Å². The van der Waals surface area contributed by atoms with E-state index in [4.69, 9.17) is 10.5 Å². The molecule has 2 saturated heterocycles. The van der Waals surface area contributed by atoms with Gasteiger partial charge in [-0.2, -0.15) is 0 Å². The van der Waals surface area contributed by atoms with Gasteiger partial charge in [0.2, 0.25) is 5.91 Å². The van der Waals surface area contributed by atoms with Crippen LogP contribution in [0.3, 0.4) is 0 Å². The van der Waals surface area contributed by atoms with Gasteiger partial charge in [-0.15, -0.1) is 24.8 Å². The summed E-state index contributed by atoms with van der Waals surface area (Å²) < 4.78 is 5.67. The number of piperidine rings is 1. The van der Waals surface area contributed by atoms with E-state index in [1.165, 1.54) is 19.3 Å². The molecular formula is C17H35Cl2N3O2. The van der Waals surface area contributed by atoms with Crippen LogP contribution in [0.2, 0.25) is 0 Å². The van der Waals surface area contributed by atoms with E-state index in [0.29, 0.717) is 13.1 Å². The molecule has 144 valence electrons. The van der Waals surface area contributed by atoms with E-state index >= 15 is 0 Å². The number of hydrogen-bond donors (Lipinski definition) is 2. The Balaban J connectivity index is 0.00000264. The molecule has 24 heavy (non-hydrogen) atoms. The van der Waals surface area contributed by atoms with E-state index in [1.807, 2.05) is 0 Å². The number of carbonyl (C=O) groups excluding carboxylic acids is 1. The second kappa shape index (κ2) is 10.8. The number of likely N-dealkylation sites (tertiary alicyclic amines) is 1. The molecule has 2 aliphatic heterocycles. The molecule has 1 unspecified atom stereocenters. The molecule has 3 N–H and O–H groups in total. The highest BCUT2D eigenvalue weighted by Gasteiger charge is 2.34. The van der Waals surface area contributed by atoms with Crippen LogP contribution < -0.4 is 11.1 Å². The number of ether oxygens (including phenoxy) is 1. The molecule has 0 bridgehead atoms. The van der Waals surface area contributed by atoms with Crippen LogP contribution in [0.4, 0.5) is 0 Å². The first-order chi connectivity index (χ1) is 10.5. The number of nitrogens with zero attached hydrogens (tertiary/aromatic N) is 1. The normalized spacial score (nSPS) is 27.9. The molecule has 2 heterocycles. The van der Waals surface area contributed by atoms with Crippen LogP contribution in [-0.4, -0.2) is 54.7 Å². The van der Waals surface area contributed by atoms with E-state index in [-0.39, 0.29) is 48.5 Å². The van der Waals surface area contributed by atoms with Crippen molar-refractivity contribution in [3.63, 3.8) is 0 Å². The van der Waals surface area contributed by atoms with Gasteiger partial charge in [0.25, 0.3) is 0 Å². The highest BCUT2D eigenvalue weighted by Crippen LogP contribution is 2.25. The summed E-state index contributed by atoms with van der Waals surface area (Å²) in [7, 11) is 0. The molecule has 1 amide bonds. The summed E-state index contributed by atoms with van der Waals surface area (Å²) in [6, 6.07) is 0. The van der Waals surface area contributed by atoms with Crippen molar-refractivity contribution in [3.8, 4) is 0 Å². The standard InChI is InChI=1S/C17H33N3O2.2ClH/c1-4-13-6-5-9-20(11-13)17(2,3)12-19-16(21)15-8-7-14(10-18)22-15;;/h13-15H,4-12,18H2,1-3H3,(H,19,21);2*1H/t13?,14-,15+;;/m1../s1. The van der Waals surface area contributed by atoms with Gasteiger partial charge in [-0.25, -0.2) is 0 Å². The fraction of sp³-hybridized carbons (Fsp3) is 0.941. The summed E-state index contributed by atoms with van der Waals surface area (Å²) in [5.74, 6) is 0.820. The first-order valence-corrected chi connectivity index (χ1v) is 8.84. The summed E-state index contributed by atoms with van der Waals surface area (Å²) in [5, 5.41) is 3.09. The van der Waals surface area contributed by atoms with Crippen molar-refractivity contribution < 1.29 is 9.53 Å². The zero-order chi connectivity index (χ0) is 16.2. The summed E-state index contributed by atoms with van der Waals surface area (Å²) in [6.45, 7) is 10.2. The lowest BCUT2D eigenvalue weighted by atomic mass is 9.91. The third kappa shape index (κ3) is 6.34. The quantitative estimate of drug-likeness (QED) is 0.738. The molecule has 5 nitrogen and oxygen atoms in total. The molecule has 0 aromatic heterocycles. The first-order valence-electron chi connectivity index (χ1n) is 8.84. The van der Waals surface area contributed by atoms with Gasteiger partial charge in [0.05, 0.1) is 6.10 Å². The van der Waals surface area contributed by atoms with Crippen molar-refractivity contribution in [2.75, 3.05) is 26.2 Å². The van der Waals surface area contributed by atoms with Gasteiger partial charge >= 0.3 is 0 Å². The molecule has 3 atom stereocenters. The van der Waals surface area contributed by atoms with Gasteiger partial charge in [0.15, 0.2) is 0 Å². The fourth-order valence-corrected chi connectivity index (χ4v) is 3.55. The largest absolute Gasteiger partial charge is 0.364 e. The van der Waals surface area contributed by atoms with Crippen LogP contribution >= 0.6 is 24.8 Å². The number of nitrogens with one attached hydrogen (secondary N) is 1. The van der Waals surface area contributed by atoms with Crippen molar-refractivity contribution in [3.05, 3.63) is 0 Å². The molecule has 0 aliphatic carbocycles. The minimum absolute atomic E-state index is 0. The Morgan fingerprint density at radius 3 is 2.58 bits per heavy atom. The second-order valence-corrected chi connectivity index (χ2v) is 7.45. The van der Waals surface area contributed by atoms with Gasteiger partial charge in [-0.1, -0.05) is 13.3 Å². The lowest BCUT2D eigenvalue weighted by molar-refractivity contribution is -0.132. The Labute approximate surface area is 159 Å².